The van der Waals surface area contributed by atoms with Crippen LogP contribution >= 0.6 is 27.5 Å². The van der Waals surface area contributed by atoms with Crippen molar-refractivity contribution in [2.75, 3.05) is 5.32 Å². The number of halogens is 2. The Kier molecular flexibility index (Phi) is 5.13. The van der Waals surface area contributed by atoms with E-state index in [9.17, 15) is 5.26 Å². The molecule has 0 bridgehead atoms. The summed E-state index contributed by atoms with van der Waals surface area (Å²) < 4.78 is 1.01. The van der Waals surface area contributed by atoms with Crippen molar-refractivity contribution < 1.29 is 0 Å². The molecule has 1 fully saturated rings. The Morgan fingerprint density at radius 3 is 2.79 bits per heavy atom. The van der Waals surface area contributed by atoms with E-state index in [1.807, 2.05) is 19.1 Å². The minimum atomic E-state index is 0.0921. The summed E-state index contributed by atoms with van der Waals surface area (Å²) >= 11 is 9.75. The third-order valence-corrected chi connectivity index (χ3v) is 4.83. The zero-order valence-electron chi connectivity index (χ0n) is 11.0. The van der Waals surface area contributed by atoms with Crippen LogP contribution in [0.25, 0.3) is 0 Å². The summed E-state index contributed by atoms with van der Waals surface area (Å²) in [6, 6.07) is 6.63. The van der Waals surface area contributed by atoms with E-state index in [0.29, 0.717) is 0 Å². The van der Waals surface area contributed by atoms with Crippen LogP contribution in [-0.4, -0.2) is 6.04 Å². The van der Waals surface area contributed by atoms with E-state index in [-0.39, 0.29) is 12.0 Å². The Bertz CT molecular complexity index is 496. The van der Waals surface area contributed by atoms with Gasteiger partial charge in [0.15, 0.2) is 0 Å². The molecule has 2 unspecified atom stereocenters. The van der Waals surface area contributed by atoms with Crippen molar-refractivity contribution in [1.29, 1.82) is 5.26 Å². The van der Waals surface area contributed by atoms with E-state index in [2.05, 4.69) is 27.3 Å². The van der Waals surface area contributed by atoms with Gasteiger partial charge in [-0.3, -0.25) is 0 Å². The first-order valence-electron chi connectivity index (χ1n) is 6.73. The Labute approximate surface area is 128 Å². The lowest BCUT2D eigenvalue weighted by molar-refractivity contribution is 0.514. The number of nitrogens with one attached hydrogen (secondary N) is 1. The summed E-state index contributed by atoms with van der Waals surface area (Å²) in [6.07, 6.45) is 5.62. The highest BCUT2D eigenvalue weighted by Gasteiger charge is 2.24. The number of benzene rings is 1. The summed E-state index contributed by atoms with van der Waals surface area (Å²) in [5, 5.41) is 13.6. The highest BCUT2D eigenvalue weighted by atomic mass is 79.9. The molecule has 0 aromatic heterocycles. The number of rotatable bonds is 2. The van der Waals surface area contributed by atoms with E-state index < -0.39 is 0 Å². The van der Waals surface area contributed by atoms with Crippen molar-refractivity contribution in [1.82, 2.24) is 0 Å². The number of anilines is 1. The second-order valence-corrected chi connectivity index (χ2v) is 6.47. The van der Waals surface area contributed by atoms with Crippen LogP contribution in [0.4, 0.5) is 5.69 Å². The maximum Gasteiger partial charge on any atom is 0.0677 e. The zero-order chi connectivity index (χ0) is 13.8. The van der Waals surface area contributed by atoms with Crippen molar-refractivity contribution in [2.24, 2.45) is 5.92 Å². The van der Waals surface area contributed by atoms with E-state index in [4.69, 9.17) is 11.6 Å². The topological polar surface area (TPSA) is 35.8 Å². The molecule has 1 saturated carbocycles. The molecule has 19 heavy (non-hydrogen) atoms. The van der Waals surface area contributed by atoms with Crippen molar-refractivity contribution in [3.05, 3.63) is 27.2 Å². The van der Waals surface area contributed by atoms with Gasteiger partial charge < -0.3 is 5.32 Å². The van der Waals surface area contributed by atoms with Crippen LogP contribution in [0.2, 0.25) is 5.02 Å². The van der Waals surface area contributed by atoms with Gasteiger partial charge in [-0.1, -0.05) is 30.9 Å². The molecule has 2 atom stereocenters. The Hall–Kier alpha value is -0.720. The normalized spacial score (nSPS) is 23.5. The van der Waals surface area contributed by atoms with E-state index in [0.717, 1.165) is 40.0 Å². The largest absolute Gasteiger partial charge is 0.380 e. The summed E-state index contributed by atoms with van der Waals surface area (Å²) in [7, 11) is 0. The van der Waals surface area contributed by atoms with Crippen LogP contribution in [0.1, 0.15) is 37.7 Å². The molecule has 0 heterocycles. The average molecular weight is 342 g/mol. The van der Waals surface area contributed by atoms with Crippen molar-refractivity contribution in [3.63, 3.8) is 0 Å². The van der Waals surface area contributed by atoms with Gasteiger partial charge in [0.05, 0.1) is 17.7 Å². The third kappa shape index (κ3) is 3.64. The lowest BCUT2D eigenvalue weighted by atomic mass is 9.96. The summed E-state index contributed by atoms with van der Waals surface area (Å²) in [6.45, 7) is 1.99. The van der Waals surface area contributed by atoms with Crippen molar-refractivity contribution in [3.8, 4) is 6.07 Å². The molecule has 0 amide bonds. The molecular weight excluding hydrogens is 324 g/mol. The Morgan fingerprint density at radius 2 is 2.05 bits per heavy atom. The first-order valence-corrected chi connectivity index (χ1v) is 7.90. The van der Waals surface area contributed by atoms with Crippen LogP contribution in [0, 0.1) is 24.2 Å². The lowest BCUT2D eigenvalue weighted by Gasteiger charge is -2.23. The average Bonchev–Trinajstić information content (AvgIpc) is 2.61. The highest BCUT2D eigenvalue weighted by Crippen LogP contribution is 2.32. The molecule has 1 aromatic rings. The molecule has 1 aliphatic rings. The predicted molar refractivity (Wildman–Crippen MR) is 83.5 cm³/mol. The number of hydrogen-bond acceptors (Lipinski definition) is 2. The summed E-state index contributed by atoms with van der Waals surface area (Å²) in [5.74, 6) is 0.0921. The molecule has 0 radical (unpaired) electrons. The van der Waals surface area contributed by atoms with Crippen LogP contribution in [0.3, 0.4) is 0 Å². The molecule has 2 nitrogen and oxygen atoms in total. The van der Waals surface area contributed by atoms with Crippen molar-refractivity contribution >= 4 is 33.2 Å². The molecule has 1 aliphatic carbocycles. The molecule has 0 saturated heterocycles. The molecule has 4 heteroatoms. The molecule has 102 valence electrons. The standard InChI is InChI=1S/C15H18BrClN2/c1-10-7-12(16)15(8-13(10)17)19-14-6-4-2-3-5-11(14)9-18/h7-8,11,14,19H,2-6H2,1H3. The molecule has 1 N–H and O–H groups in total. The molecular formula is C15H18BrClN2. The van der Waals surface area contributed by atoms with Gasteiger partial charge in [-0.2, -0.15) is 5.26 Å². The van der Waals surface area contributed by atoms with E-state index in [1.165, 1.54) is 12.8 Å². The smallest absolute Gasteiger partial charge is 0.0677 e. The fourth-order valence-electron chi connectivity index (χ4n) is 2.59. The number of nitrogens with zero attached hydrogens (tertiary/aromatic N) is 1. The maximum absolute atomic E-state index is 9.30. The fourth-order valence-corrected chi connectivity index (χ4v) is 3.33. The first kappa shape index (κ1) is 14.7. The van der Waals surface area contributed by atoms with E-state index >= 15 is 0 Å². The highest BCUT2D eigenvalue weighted by molar-refractivity contribution is 9.10. The van der Waals surface area contributed by atoms with Gasteiger partial charge in [0.25, 0.3) is 0 Å². The third-order valence-electron chi connectivity index (χ3n) is 3.77. The second kappa shape index (κ2) is 6.63. The lowest BCUT2D eigenvalue weighted by Crippen LogP contribution is -2.27. The van der Waals surface area contributed by atoms with Crippen molar-refractivity contribution in [2.45, 2.75) is 45.1 Å². The zero-order valence-corrected chi connectivity index (χ0v) is 13.4. The molecule has 1 aromatic carbocycles. The van der Waals surface area contributed by atoms with Gasteiger partial charge >= 0.3 is 0 Å². The Balaban J connectivity index is 2.19. The van der Waals surface area contributed by atoms with Gasteiger partial charge in [-0.15, -0.1) is 0 Å². The summed E-state index contributed by atoms with van der Waals surface area (Å²) in [5.41, 5.74) is 2.04. The Morgan fingerprint density at radius 1 is 1.32 bits per heavy atom. The fraction of sp³-hybridized carbons (Fsp3) is 0.533. The SMILES string of the molecule is Cc1cc(Br)c(NC2CCCCCC2C#N)cc1Cl. The minimum Gasteiger partial charge on any atom is -0.380 e. The van der Waals surface area contributed by atoms with Gasteiger partial charge in [0.2, 0.25) is 0 Å². The minimum absolute atomic E-state index is 0.0921. The van der Waals surface area contributed by atoms with Crippen LogP contribution in [0.5, 0.6) is 0 Å². The van der Waals surface area contributed by atoms with Gasteiger partial charge in [0, 0.05) is 15.5 Å². The number of aryl methyl sites for hydroxylation is 1. The number of hydrogen-bond donors (Lipinski definition) is 1. The molecule has 2 rings (SSSR count). The first-order chi connectivity index (χ1) is 9.11. The second-order valence-electron chi connectivity index (χ2n) is 5.21. The van der Waals surface area contributed by atoms with Gasteiger partial charge in [0.1, 0.15) is 0 Å². The van der Waals surface area contributed by atoms with Crippen LogP contribution < -0.4 is 5.32 Å². The quantitative estimate of drug-likeness (QED) is 0.741. The van der Waals surface area contributed by atoms with E-state index in [1.54, 1.807) is 0 Å². The molecule has 0 aliphatic heterocycles. The van der Waals surface area contributed by atoms with Gasteiger partial charge in [-0.05, 0) is 53.4 Å². The summed E-state index contributed by atoms with van der Waals surface area (Å²) in [4.78, 5) is 0. The monoisotopic (exact) mass is 340 g/mol. The molecule has 0 spiro atoms. The maximum atomic E-state index is 9.30. The van der Waals surface area contributed by atoms with Gasteiger partial charge in [-0.25, -0.2) is 0 Å². The van der Waals surface area contributed by atoms with Crippen LogP contribution in [-0.2, 0) is 0 Å². The predicted octanol–water partition coefficient (Wildman–Crippen LogP) is 5.30. The van der Waals surface area contributed by atoms with Crippen LogP contribution in [0.15, 0.2) is 16.6 Å². The number of nitriles is 1.